The van der Waals surface area contributed by atoms with Crippen LogP contribution in [0.2, 0.25) is 0 Å². The van der Waals surface area contributed by atoms with Crippen molar-refractivity contribution in [3.8, 4) is 5.75 Å². The average molecular weight is 345 g/mol. The Morgan fingerprint density at radius 1 is 1.40 bits per heavy atom. The molecule has 0 radical (unpaired) electrons. The average Bonchev–Trinajstić information content (AvgIpc) is 3.14. The molecule has 1 amide bonds. The molecule has 0 spiro atoms. The summed E-state index contributed by atoms with van der Waals surface area (Å²) in [6.07, 6.45) is 3.58. The van der Waals surface area contributed by atoms with Crippen LogP contribution < -0.4 is 10.5 Å². The third kappa shape index (κ3) is 4.12. The van der Waals surface area contributed by atoms with E-state index in [-0.39, 0.29) is 12.0 Å². The normalized spacial score (nSPS) is 23.5. The first-order valence-electron chi connectivity index (χ1n) is 9.03. The Balaban J connectivity index is 1.59. The first-order chi connectivity index (χ1) is 12.1. The molecule has 2 saturated heterocycles. The van der Waals surface area contributed by atoms with Gasteiger partial charge in [-0.1, -0.05) is 6.07 Å². The summed E-state index contributed by atoms with van der Waals surface area (Å²) in [7, 11) is 0. The van der Waals surface area contributed by atoms with Crippen molar-refractivity contribution in [3.63, 3.8) is 0 Å². The SMILES string of the molecule is CC(=N)c1c(N)cccc1OCC1CCCN(C(=O)C2CCCO2)C1. The highest BCUT2D eigenvalue weighted by atomic mass is 16.5. The van der Waals surface area contributed by atoms with E-state index in [4.69, 9.17) is 20.6 Å². The van der Waals surface area contributed by atoms with Gasteiger partial charge in [0.1, 0.15) is 11.9 Å². The van der Waals surface area contributed by atoms with E-state index in [1.165, 1.54) is 0 Å². The minimum atomic E-state index is -0.249. The van der Waals surface area contributed by atoms with E-state index in [9.17, 15) is 4.79 Å². The van der Waals surface area contributed by atoms with Crippen molar-refractivity contribution < 1.29 is 14.3 Å². The van der Waals surface area contributed by atoms with Gasteiger partial charge in [-0.15, -0.1) is 0 Å². The minimum Gasteiger partial charge on any atom is -0.492 e. The number of anilines is 1. The predicted molar refractivity (Wildman–Crippen MR) is 97.1 cm³/mol. The fourth-order valence-electron chi connectivity index (χ4n) is 3.65. The lowest BCUT2D eigenvalue weighted by molar-refractivity contribution is -0.143. The molecule has 2 aliphatic heterocycles. The number of amides is 1. The van der Waals surface area contributed by atoms with Gasteiger partial charge in [0.15, 0.2) is 0 Å². The number of hydrogen-bond donors (Lipinski definition) is 2. The standard InChI is InChI=1S/C19H27N3O3/c1-13(20)18-15(21)6-2-7-16(18)25-12-14-5-3-9-22(11-14)19(23)17-8-4-10-24-17/h2,6-7,14,17,20H,3-5,8-12,21H2,1H3. The fraction of sp³-hybridized carbons (Fsp3) is 0.579. The third-order valence-corrected chi connectivity index (χ3v) is 4.94. The van der Waals surface area contributed by atoms with Gasteiger partial charge in [-0.05, 0) is 44.7 Å². The Hall–Kier alpha value is -2.08. The van der Waals surface area contributed by atoms with Crippen LogP contribution in [-0.4, -0.2) is 48.9 Å². The van der Waals surface area contributed by atoms with Gasteiger partial charge < -0.3 is 25.5 Å². The molecule has 2 heterocycles. The highest BCUT2D eigenvalue weighted by Crippen LogP contribution is 2.27. The molecule has 1 aromatic carbocycles. The summed E-state index contributed by atoms with van der Waals surface area (Å²) in [4.78, 5) is 14.4. The number of carbonyl (C=O) groups excluding carboxylic acids is 1. The molecule has 2 fully saturated rings. The highest BCUT2D eigenvalue weighted by Gasteiger charge is 2.31. The Morgan fingerprint density at radius 3 is 2.96 bits per heavy atom. The molecule has 136 valence electrons. The van der Waals surface area contributed by atoms with Crippen molar-refractivity contribution in [2.24, 2.45) is 5.92 Å². The lowest BCUT2D eigenvalue weighted by atomic mass is 9.98. The molecule has 25 heavy (non-hydrogen) atoms. The molecule has 3 rings (SSSR count). The van der Waals surface area contributed by atoms with Crippen LogP contribution in [0.4, 0.5) is 5.69 Å². The van der Waals surface area contributed by atoms with Crippen LogP contribution in [0, 0.1) is 11.3 Å². The zero-order chi connectivity index (χ0) is 17.8. The third-order valence-electron chi connectivity index (χ3n) is 4.94. The Morgan fingerprint density at radius 2 is 2.24 bits per heavy atom. The molecule has 0 aromatic heterocycles. The molecule has 1 aromatic rings. The van der Waals surface area contributed by atoms with Crippen molar-refractivity contribution in [2.75, 3.05) is 32.0 Å². The number of nitrogens with two attached hydrogens (primary N) is 1. The first-order valence-corrected chi connectivity index (χ1v) is 9.03. The fourth-order valence-corrected chi connectivity index (χ4v) is 3.65. The van der Waals surface area contributed by atoms with Gasteiger partial charge in [0.05, 0.1) is 12.2 Å². The second-order valence-corrected chi connectivity index (χ2v) is 6.95. The van der Waals surface area contributed by atoms with E-state index in [0.717, 1.165) is 32.2 Å². The molecule has 3 N–H and O–H groups in total. The quantitative estimate of drug-likeness (QED) is 0.634. The summed E-state index contributed by atoms with van der Waals surface area (Å²) in [5, 5.41) is 7.90. The summed E-state index contributed by atoms with van der Waals surface area (Å²) >= 11 is 0. The van der Waals surface area contributed by atoms with Gasteiger partial charge >= 0.3 is 0 Å². The molecule has 2 aliphatic rings. The molecular weight excluding hydrogens is 318 g/mol. The maximum absolute atomic E-state index is 12.5. The van der Waals surface area contributed by atoms with Crippen LogP contribution in [0.5, 0.6) is 5.75 Å². The molecule has 6 nitrogen and oxygen atoms in total. The summed E-state index contributed by atoms with van der Waals surface area (Å²) in [6, 6.07) is 5.47. The van der Waals surface area contributed by atoms with E-state index in [2.05, 4.69) is 0 Å². The summed E-state index contributed by atoms with van der Waals surface area (Å²) in [6.45, 7) is 4.44. The van der Waals surface area contributed by atoms with E-state index >= 15 is 0 Å². The van der Waals surface area contributed by atoms with Crippen molar-refractivity contribution in [1.29, 1.82) is 5.41 Å². The monoisotopic (exact) mass is 345 g/mol. The molecule has 0 saturated carbocycles. The largest absolute Gasteiger partial charge is 0.492 e. The zero-order valence-corrected chi connectivity index (χ0v) is 14.8. The smallest absolute Gasteiger partial charge is 0.251 e. The number of carbonyl (C=O) groups is 1. The molecular formula is C19H27N3O3. The van der Waals surface area contributed by atoms with Gasteiger partial charge in [0, 0.05) is 37.0 Å². The maximum atomic E-state index is 12.5. The number of nitrogens with one attached hydrogen (secondary N) is 1. The van der Waals surface area contributed by atoms with E-state index < -0.39 is 0 Å². The Bertz CT molecular complexity index is 641. The highest BCUT2D eigenvalue weighted by molar-refractivity contribution is 6.03. The Labute approximate surface area is 148 Å². The zero-order valence-electron chi connectivity index (χ0n) is 14.8. The first kappa shape index (κ1) is 17.7. The number of nitrogen functional groups attached to an aromatic ring is 1. The van der Waals surface area contributed by atoms with Crippen molar-refractivity contribution in [2.45, 2.75) is 38.7 Å². The maximum Gasteiger partial charge on any atom is 0.251 e. The van der Waals surface area contributed by atoms with Crippen molar-refractivity contribution in [1.82, 2.24) is 4.90 Å². The van der Waals surface area contributed by atoms with Crippen LogP contribution in [0.3, 0.4) is 0 Å². The second kappa shape index (κ2) is 7.87. The van der Waals surface area contributed by atoms with Crippen LogP contribution in [0.15, 0.2) is 18.2 Å². The van der Waals surface area contributed by atoms with E-state index in [0.29, 0.717) is 48.4 Å². The number of piperidine rings is 1. The number of hydrogen-bond acceptors (Lipinski definition) is 5. The summed E-state index contributed by atoms with van der Waals surface area (Å²) in [5.74, 6) is 1.07. The van der Waals surface area contributed by atoms with Gasteiger partial charge in [0.2, 0.25) is 0 Å². The van der Waals surface area contributed by atoms with Gasteiger partial charge in [-0.25, -0.2) is 0 Å². The van der Waals surface area contributed by atoms with Crippen LogP contribution in [0.1, 0.15) is 38.2 Å². The summed E-state index contributed by atoms with van der Waals surface area (Å²) < 4.78 is 11.5. The molecule has 0 aliphatic carbocycles. The lowest BCUT2D eigenvalue weighted by Gasteiger charge is -2.34. The van der Waals surface area contributed by atoms with Gasteiger partial charge in [0.25, 0.3) is 5.91 Å². The molecule has 0 bridgehead atoms. The van der Waals surface area contributed by atoms with Gasteiger partial charge in [-0.3, -0.25) is 4.79 Å². The van der Waals surface area contributed by atoms with Gasteiger partial charge in [-0.2, -0.15) is 0 Å². The molecule has 2 unspecified atom stereocenters. The molecule has 2 atom stereocenters. The van der Waals surface area contributed by atoms with Crippen LogP contribution in [-0.2, 0) is 9.53 Å². The van der Waals surface area contributed by atoms with E-state index in [1.54, 1.807) is 13.0 Å². The topological polar surface area (TPSA) is 88.6 Å². The number of rotatable bonds is 5. The van der Waals surface area contributed by atoms with Crippen molar-refractivity contribution in [3.05, 3.63) is 23.8 Å². The number of benzene rings is 1. The second-order valence-electron chi connectivity index (χ2n) is 6.95. The minimum absolute atomic E-state index is 0.127. The lowest BCUT2D eigenvalue weighted by Crippen LogP contribution is -2.45. The van der Waals surface area contributed by atoms with Crippen molar-refractivity contribution >= 4 is 17.3 Å². The molecule has 6 heteroatoms. The number of likely N-dealkylation sites (tertiary alicyclic amines) is 1. The number of nitrogens with zero attached hydrogens (tertiary/aromatic N) is 1. The van der Waals surface area contributed by atoms with Crippen LogP contribution >= 0.6 is 0 Å². The Kier molecular flexibility index (Phi) is 5.58. The van der Waals surface area contributed by atoms with E-state index in [1.807, 2.05) is 17.0 Å². The number of ether oxygens (including phenoxy) is 2. The van der Waals surface area contributed by atoms with Crippen LogP contribution in [0.25, 0.3) is 0 Å². The predicted octanol–water partition coefficient (Wildman–Crippen LogP) is 2.45. The summed E-state index contributed by atoms with van der Waals surface area (Å²) in [5.41, 5.74) is 7.59.